The molecule has 2 heteroatoms. The number of hydrogen-bond acceptors (Lipinski definition) is 2. The molecule has 2 aliphatic rings. The van der Waals surface area contributed by atoms with Crippen molar-refractivity contribution >= 4 is 0 Å². The van der Waals surface area contributed by atoms with Crippen LogP contribution in [0.15, 0.2) is 24.3 Å². The summed E-state index contributed by atoms with van der Waals surface area (Å²) >= 11 is 0. The zero-order chi connectivity index (χ0) is 13.9. The van der Waals surface area contributed by atoms with Gasteiger partial charge in [0.25, 0.3) is 0 Å². The average Bonchev–Trinajstić information content (AvgIpc) is 2.67. The van der Waals surface area contributed by atoms with E-state index in [1.54, 1.807) is 0 Å². The van der Waals surface area contributed by atoms with Crippen LogP contribution < -0.4 is 5.73 Å². The molecule has 0 spiro atoms. The highest BCUT2D eigenvalue weighted by Crippen LogP contribution is 2.32. The molecule has 1 aromatic rings. The summed E-state index contributed by atoms with van der Waals surface area (Å²) in [4.78, 5) is 2.68. The molecule has 1 heterocycles. The fraction of sp³-hybridized carbons (Fsp3) is 0.667. The van der Waals surface area contributed by atoms with Crippen molar-refractivity contribution < 1.29 is 0 Å². The molecule has 1 aliphatic heterocycles. The highest BCUT2D eigenvalue weighted by molar-refractivity contribution is 5.32. The Morgan fingerprint density at radius 3 is 2.65 bits per heavy atom. The molecule has 2 N–H and O–H groups in total. The van der Waals surface area contributed by atoms with Gasteiger partial charge in [0.2, 0.25) is 0 Å². The molecule has 2 unspecified atom stereocenters. The van der Waals surface area contributed by atoms with Gasteiger partial charge in [-0.1, -0.05) is 37.6 Å². The van der Waals surface area contributed by atoms with E-state index in [-0.39, 0.29) is 6.04 Å². The SMILES string of the molecule is CCC1CCN(C2CCCc3ccccc3C2N)CC1. The standard InChI is InChI=1S/C18H28N2/c1-2-14-10-12-20(13-11-14)17-9-5-7-15-6-3-4-8-16(15)18(17)19/h3-4,6,8,14,17-18H,2,5,7,9-13,19H2,1H3. The zero-order valence-electron chi connectivity index (χ0n) is 12.7. The second kappa shape index (κ2) is 6.28. The van der Waals surface area contributed by atoms with Crippen molar-refractivity contribution in [2.24, 2.45) is 11.7 Å². The summed E-state index contributed by atoms with van der Waals surface area (Å²) in [5, 5.41) is 0. The monoisotopic (exact) mass is 272 g/mol. The first kappa shape index (κ1) is 14.1. The summed E-state index contributed by atoms with van der Waals surface area (Å²) in [7, 11) is 0. The van der Waals surface area contributed by atoms with Crippen LogP contribution in [0.1, 0.15) is 56.2 Å². The average molecular weight is 272 g/mol. The summed E-state index contributed by atoms with van der Waals surface area (Å²) in [6.45, 7) is 4.83. The molecular weight excluding hydrogens is 244 g/mol. The minimum Gasteiger partial charge on any atom is -0.323 e. The normalized spacial score (nSPS) is 28.9. The van der Waals surface area contributed by atoms with E-state index in [1.807, 2.05) is 0 Å². The Kier molecular flexibility index (Phi) is 4.42. The third kappa shape index (κ3) is 2.77. The predicted octanol–water partition coefficient (Wildman–Crippen LogP) is 3.51. The van der Waals surface area contributed by atoms with Gasteiger partial charge in [-0.05, 0) is 62.2 Å². The number of hydrogen-bond donors (Lipinski definition) is 1. The molecule has 0 bridgehead atoms. The molecule has 0 radical (unpaired) electrons. The minimum absolute atomic E-state index is 0.201. The molecule has 0 amide bonds. The fourth-order valence-electron chi connectivity index (χ4n) is 4.08. The van der Waals surface area contributed by atoms with Gasteiger partial charge in [0, 0.05) is 12.1 Å². The highest BCUT2D eigenvalue weighted by Gasteiger charge is 2.31. The van der Waals surface area contributed by atoms with E-state index in [2.05, 4.69) is 36.1 Å². The summed E-state index contributed by atoms with van der Waals surface area (Å²) in [6.07, 6.45) is 7.80. The van der Waals surface area contributed by atoms with Gasteiger partial charge in [-0.3, -0.25) is 4.90 Å². The minimum atomic E-state index is 0.201. The number of nitrogens with zero attached hydrogens (tertiary/aromatic N) is 1. The third-order valence-corrected chi connectivity index (χ3v) is 5.47. The van der Waals surface area contributed by atoms with Crippen LogP contribution in [-0.4, -0.2) is 24.0 Å². The number of piperidine rings is 1. The summed E-state index contributed by atoms with van der Waals surface area (Å²) in [5.74, 6) is 0.945. The molecule has 20 heavy (non-hydrogen) atoms. The highest BCUT2D eigenvalue weighted by atomic mass is 15.2. The van der Waals surface area contributed by atoms with E-state index in [0.29, 0.717) is 6.04 Å². The number of rotatable bonds is 2. The molecule has 2 nitrogen and oxygen atoms in total. The van der Waals surface area contributed by atoms with Gasteiger partial charge in [0.1, 0.15) is 0 Å². The van der Waals surface area contributed by atoms with Crippen LogP contribution in [0.25, 0.3) is 0 Å². The van der Waals surface area contributed by atoms with Crippen molar-refractivity contribution in [3.63, 3.8) is 0 Å². The lowest BCUT2D eigenvalue weighted by atomic mass is 9.90. The summed E-state index contributed by atoms with van der Waals surface area (Å²) in [6, 6.07) is 9.56. The number of nitrogens with two attached hydrogens (primary N) is 1. The van der Waals surface area contributed by atoms with E-state index < -0.39 is 0 Å². The first-order valence-corrected chi connectivity index (χ1v) is 8.37. The van der Waals surface area contributed by atoms with Gasteiger partial charge in [-0.2, -0.15) is 0 Å². The number of likely N-dealkylation sites (tertiary alicyclic amines) is 1. The van der Waals surface area contributed by atoms with Gasteiger partial charge in [-0.25, -0.2) is 0 Å². The second-order valence-corrected chi connectivity index (χ2v) is 6.57. The lowest BCUT2D eigenvalue weighted by Gasteiger charge is -2.39. The van der Waals surface area contributed by atoms with E-state index in [9.17, 15) is 0 Å². The molecule has 0 aromatic heterocycles. The molecule has 1 saturated heterocycles. The molecule has 110 valence electrons. The fourth-order valence-corrected chi connectivity index (χ4v) is 4.08. The van der Waals surface area contributed by atoms with E-state index >= 15 is 0 Å². The maximum atomic E-state index is 6.65. The Hall–Kier alpha value is -0.860. The molecule has 1 aliphatic carbocycles. The second-order valence-electron chi connectivity index (χ2n) is 6.57. The van der Waals surface area contributed by atoms with E-state index in [0.717, 1.165) is 5.92 Å². The third-order valence-electron chi connectivity index (χ3n) is 5.47. The van der Waals surface area contributed by atoms with Crippen LogP contribution in [0.2, 0.25) is 0 Å². The van der Waals surface area contributed by atoms with Crippen molar-refractivity contribution in [3.8, 4) is 0 Å². The van der Waals surface area contributed by atoms with Gasteiger partial charge in [-0.15, -0.1) is 0 Å². The molecule has 0 saturated carbocycles. The number of benzene rings is 1. The van der Waals surface area contributed by atoms with Gasteiger partial charge < -0.3 is 5.73 Å². The Balaban J connectivity index is 1.74. The quantitative estimate of drug-likeness (QED) is 0.835. The van der Waals surface area contributed by atoms with Gasteiger partial charge in [0.15, 0.2) is 0 Å². The van der Waals surface area contributed by atoms with Gasteiger partial charge in [0.05, 0.1) is 0 Å². The Morgan fingerprint density at radius 2 is 1.90 bits per heavy atom. The molecule has 1 aromatic carbocycles. The number of aryl methyl sites for hydroxylation is 1. The maximum absolute atomic E-state index is 6.65. The smallest absolute Gasteiger partial charge is 0.0455 e. The van der Waals surface area contributed by atoms with Crippen LogP contribution in [0.3, 0.4) is 0 Å². The predicted molar refractivity (Wildman–Crippen MR) is 84.7 cm³/mol. The topological polar surface area (TPSA) is 29.3 Å². The van der Waals surface area contributed by atoms with Crippen molar-refractivity contribution in [1.82, 2.24) is 4.90 Å². The van der Waals surface area contributed by atoms with Crippen molar-refractivity contribution in [1.29, 1.82) is 0 Å². The zero-order valence-corrected chi connectivity index (χ0v) is 12.7. The van der Waals surface area contributed by atoms with Crippen LogP contribution in [0, 0.1) is 5.92 Å². The molecule has 3 rings (SSSR count). The summed E-state index contributed by atoms with van der Waals surface area (Å²) in [5.41, 5.74) is 9.52. The lowest BCUT2D eigenvalue weighted by Crippen LogP contribution is -2.46. The van der Waals surface area contributed by atoms with Crippen molar-refractivity contribution in [3.05, 3.63) is 35.4 Å². The van der Waals surface area contributed by atoms with Gasteiger partial charge >= 0.3 is 0 Å². The van der Waals surface area contributed by atoms with E-state index in [4.69, 9.17) is 5.73 Å². The van der Waals surface area contributed by atoms with E-state index in [1.165, 1.54) is 62.7 Å². The van der Waals surface area contributed by atoms with Crippen molar-refractivity contribution in [2.45, 2.75) is 57.5 Å². The molecule has 1 fully saturated rings. The lowest BCUT2D eigenvalue weighted by molar-refractivity contribution is 0.109. The molecule has 2 atom stereocenters. The van der Waals surface area contributed by atoms with Crippen LogP contribution >= 0.6 is 0 Å². The maximum Gasteiger partial charge on any atom is 0.0455 e. The summed E-state index contributed by atoms with van der Waals surface area (Å²) < 4.78 is 0. The Morgan fingerprint density at radius 1 is 1.15 bits per heavy atom. The first-order valence-electron chi connectivity index (χ1n) is 8.37. The first-order chi connectivity index (χ1) is 9.79. The molecular formula is C18H28N2. The Bertz CT molecular complexity index is 435. The van der Waals surface area contributed by atoms with Crippen molar-refractivity contribution in [2.75, 3.05) is 13.1 Å². The van der Waals surface area contributed by atoms with Crippen LogP contribution in [-0.2, 0) is 6.42 Å². The van der Waals surface area contributed by atoms with Crippen LogP contribution in [0.4, 0.5) is 0 Å². The van der Waals surface area contributed by atoms with Crippen LogP contribution in [0.5, 0.6) is 0 Å². The largest absolute Gasteiger partial charge is 0.323 e. The Labute approximate surface area is 123 Å². The number of fused-ring (bicyclic) bond motifs is 1.